The van der Waals surface area contributed by atoms with Crippen LogP contribution in [0.3, 0.4) is 0 Å². The van der Waals surface area contributed by atoms with Crippen molar-refractivity contribution in [1.82, 2.24) is 4.57 Å². The van der Waals surface area contributed by atoms with Crippen LogP contribution in [-0.2, 0) is 16.7 Å². The van der Waals surface area contributed by atoms with E-state index < -0.39 is 10.1 Å². The van der Waals surface area contributed by atoms with Gasteiger partial charge in [-0.3, -0.25) is 4.55 Å². The first-order valence-corrected chi connectivity index (χ1v) is 6.65. The molecular weight excluding hydrogens is 226 g/mol. The maximum atomic E-state index is 10.5. The summed E-state index contributed by atoms with van der Waals surface area (Å²) >= 11 is 0. The van der Waals surface area contributed by atoms with Gasteiger partial charge in [0.05, 0.1) is 5.75 Å². The molecule has 0 bridgehead atoms. The molecule has 2 rings (SSSR count). The highest BCUT2D eigenvalue weighted by atomic mass is 32.2. The highest BCUT2D eigenvalue weighted by Gasteiger charge is 2.04. The normalized spacial score (nSPS) is 12.1. The fourth-order valence-corrected chi connectivity index (χ4v) is 2.19. The number of hydrogen-bond donors (Lipinski definition) is 1. The average Bonchev–Trinajstić information content (AvgIpc) is 2.57. The van der Waals surface area contributed by atoms with Crippen LogP contribution in [0.4, 0.5) is 0 Å². The Bertz CT molecular complexity index is 553. The van der Waals surface area contributed by atoms with Crippen molar-refractivity contribution >= 4 is 20.9 Å². The van der Waals surface area contributed by atoms with Crippen LogP contribution in [0.5, 0.6) is 0 Å². The summed E-state index contributed by atoms with van der Waals surface area (Å²) in [4.78, 5) is 0. The number of fused-ring (bicyclic) bond motifs is 1. The number of nitrogens with zero attached hydrogens (tertiary/aromatic N) is 1. The molecule has 0 unspecified atom stereocenters. The van der Waals surface area contributed by atoms with E-state index in [1.165, 1.54) is 0 Å². The molecule has 0 saturated heterocycles. The summed E-state index contributed by atoms with van der Waals surface area (Å²) < 4.78 is 31.6. The van der Waals surface area contributed by atoms with Gasteiger partial charge in [0.1, 0.15) is 0 Å². The van der Waals surface area contributed by atoms with Gasteiger partial charge in [0.2, 0.25) is 0 Å². The van der Waals surface area contributed by atoms with E-state index in [-0.39, 0.29) is 5.75 Å². The Balaban J connectivity index is 2.05. The summed E-state index contributed by atoms with van der Waals surface area (Å²) in [6.45, 7) is 0.592. The molecule has 0 fully saturated rings. The fraction of sp³-hybridized carbons (Fsp3) is 0.273. The van der Waals surface area contributed by atoms with Crippen molar-refractivity contribution in [2.75, 3.05) is 5.75 Å². The van der Waals surface area contributed by atoms with Crippen molar-refractivity contribution in [2.24, 2.45) is 0 Å². The molecule has 1 heterocycles. The standard InChI is InChI=1S/C11H13NO3S/c13-16(14,15)7-3-6-12-8-10-4-1-2-5-11(10)9-12/h1-2,4-5,8-9H,3,6-7H2,(H,13,14,15). The number of benzene rings is 1. The minimum atomic E-state index is -3.84. The van der Waals surface area contributed by atoms with Crippen LogP contribution in [0.1, 0.15) is 6.42 Å². The molecule has 0 aliphatic heterocycles. The first kappa shape index (κ1) is 11.2. The zero-order chi connectivity index (χ0) is 11.6. The molecule has 0 saturated carbocycles. The number of rotatable bonds is 4. The first-order chi connectivity index (χ1) is 7.54. The Kier molecular flexibility index (Phi) is 2.98. The minimum Gasteiger partial charge on any atom is -0.353 e. The van der Waals surface area contributed by atoms with Crippen molar-refractivity contribution in [1.29, 1.82) is 0 Å². The van der Waals surface area contributed by atoms with Crippen LogP contribution >= 0.6 is 0 Å². The summed E-state index contributed by atoms with van der Waals surface area (Å²) in [6.07, 6.45) is 4.36. The number of aromatic nitrogens is 1. The summed E-state index contributed by atoms with van der Waals surface area (Å²) in [7, 11) is -3.84. The lowest BCUT2D eigenvalue weighted by atomic mass is 10.2. The lowest BCUT2D eigenvalue weighted by molar-refractivity contribution is 0.478. The Morgan fingerprint density at radius 3 is 2.19 bits per heavy atom. The second kappa shape index (κ2) is 4.27. The Morgan fingerprint density at radius 2 is 1.69 bits per heavy atom. The largest absolute Gasteiger partial charge is 0.353 e. The summed E-state index contributed by atoms with van der Waals surface area (Å²) in [5.41, 5.74) is 0. The Morgan fingerprint density at radius 1 is 1.12 bits per heavy atom. The van der Waals surface area contributed by atoms with Gasteiger partial charge < -0.3 is 4.57 Å². The molecule has 2 aromatic rings. The molecule has 0 atom stereocenters. The van der Waals surface area contributed by atoms with E-state index in [1.54, 1.807) is 0 Å². The summed E-state index contributed by atoms with van der Waals surface area (Å²) in [5.74, 6) is -0.193. The van der Waals surface area contributed by atoms with Gasteiger partial charge in [-0.15, -0.1) is 0 Å². The maximum absolute atomic E-state index is 10.5. The zero-order valence-electron chi connectivity index (χ0n) is 8.70. The van der Waals surface area contributed by atoms with E-state index in [4.69, 9.17) is 4.55 Å². The van der Waals surface area contributed by atoms with Crippen LogP contribution in [0.25, 0.3) is 10.8 Å². The minimum absolute atomic E-state index is 0.193. The van der Waals surface area contributed by atoms with Gasteiger partial charge in [-0.2, -0.15) is 8.42 Å². The lowest BCUT2D eigenvalue weighted by Crippen LogP contribution is -2.06. The average molecular weight is 239 g/mol. The molecule has 86 valence electrons. The molecule has 0 amide bonds. The summed E-state index contributed by atoms with van der Waals surface area (Å²) in [5, 5.41) is 2.27. The van der Waals surface area contributed by atoms with E-state index in [0.29, 0.717) is 13.0 Å². The van der Waals surface area contributed by atoms with Gasteiger partial charge in [0.25, 0.3) is 10.1 Å². The molecule has 0 aliphatic rings. The zero-order valence-corrected chi connectivity index (χ0v) is 9.52. The Hall–Kier alpha value is -1.33. The molecule has 16 heavy (non-hydrogen) atoms. The van der Waals surface area contributed by atoms with Gasteiger partial charge in [-0.1, -0.05) is 24.3 Å². The quantitative estimate of drug-likeness (QED) is 0.829. The molecule has 5 heteroatoms. The highest BCUT2D eigenvalue weighted by Crippen LogP contribution is 2.14. The number of hydrogen-bond acceptors (Lipinski definition) is 2. The van der Waals surface area contributed by atoms with E-state index in [9.17, 15) is 8.42 Å². The van der Waals surface area contributed by atoms with Gasteiger partial charge >= 0.3 is 0 Å². The number of aryl methyl sites for hydroxylation is 1. The third-order valence-electron chi connectivity index (χ3n) is 2.42. The predicted octanol–water partition coefficient (Wildman–Crippen LogP) is 1.92. The molecule has 1 N–H and O–H groups in total. The monoisotopic (exact) mass is 239 g/mol. The molecule has 0 radical (unpaired) electrons. The smallest absolute Gasteiger partial charge is 0.264 e. The van der Waals surface area contributed by atoms with Gasteiger partial charge in [-0.05, 0) is 17.2 Å². The van der Waals surface area contributed by atoms with Gasteiger partial charge in [0, 0.05) is 18.9 Å². The van der Waals surface area contributed by atoms with Crippen LogP contribution in [0.15, 0.2) is 36.7 Å². The fourth-order valence-electron chi connectivity index (χ4n) is 1.70. The Labute approximate surface area is 94.3 Å². The topological polar surface area (TPSA) is 59.3 Å². The lowest BCUT2D eigenvalue weighted by Gasteiger charge is -2.00. The molecule has 1 aromatic carbocycles. The van der Waals surface area contributed by atoms with Crippen LogP contribution < -0.4 is 0 Å². The third kappa shape index (κ3) is 2.84. The molecule has 1 aromatic heterocycles. The summed E-state index contributed by atoms with van der Waals surface area (Å²) in [6, 6.07) is 7.94. The van der Waals surface area contributed by atoms with Gasteiger partial charge in [0.15, 0.2) is 0 Å². The van der Waals surface area contributed by atoms with Gasteiger partial charge in [-0.25, -0.2) is 0 Å². The van der Waals surface area contributed by atoms with Crippen molar-refractivity contribution in [3.8, 4) is 0 Å². The molecular formula is C11H13NO3S. The van der Waals surface area contributed by atoms with E-state index >= 15 is 0 Å². The third-order valence-corrected chi connectivity index (χ3v) is 3.23. The molecule has 0 spiro atoms. The SMILES string of the molecule is O=S(=O)(O)CCCn1cc2ccccc2c1. The van der Waals surface area contributed by atoms with E-state index in [0.717, 1.165) is 10.8 Å². The van der Waals surface area contributed by atoms with Crippen molar-refractivity contribution < 1.29 is 13.0 Å². The van der Waals surface area contributed by atoms with Crippen molar-refractivity contribution in [3.63, 3.8) is 0 Å². The highest BCUT2D eigenvalue weighted by molar-refractivity contribution is 7.85. The van der Waals surface area contributed by atoms with E-state index in [1.807, 2.05) is 41.2 Å². The second-order valence-corrected chi connectivity index (χ2v) is 5.34. The van der Waals surface area contributed by atoms with Crippen LogP contribution in [0.2, 0.25) is 0 Å². The maximum Gasteiger partial charge on any atom is 0.264 e. The van der Waals surface area contributed by atoms with Crippen molar-refractivity contribution in [2.45, 2.75) is 13.0 Å². The predicted molar refractivity (Wildman–Crippen MR) is 63.0 cm³/mol. The second-order valence-electron chi connectivity index (χ2n) is 3.76. The van der Waals surface area contributed by atoms with Crippen molar-refractivity contribution in [3.05, 3.63) is 36.7 Å². The molecule has 0 aliphatic carbocycles. The molecule has 4 nitrogen and oxygen atoms in total. The van der Waals surface area contributed by atoms with Crippen LogP contribution in [-0.4, -0.2) is 23.3 Å². The van der Waals surface area contributed by atoms with E-state index in [2.05, 4.69) is 0 Å². The van der Waals surface area contributed by atoms with Crippen LogP contribution in [0, 0.1) is 0 Å². The first-order valence-electron chi connectivity index (χ1n) is 5.04.